The molecule has 3 N–H and O–H groups in total. The summed E-state index contributed by atoms with van der Waals surface area (Å²) in [6, 6.07) is 7.44. The van der Waals surface area contributed by atoms with Crippen molar-refractivity contribution in [2.24, 2.45) is 4.99 Å². The monoisotopic (exact) mass is 389 g/mol. The number of hydrogen-bond donors (Lipinski definition) is 3. The molecule has 2 rings (SSSR count). The van der Waals surface area contributed by atoms with Crippen LogP contribution < -0.4 is 16.0 Å². The predicted molar refractivity (Wildman–Crippen MR) is 109 cm³/mol. The smallest absolute Gasteiger partial charge is 0.254 e. The second-order valence-corrected chi connectivity index (χ2v) is 6.53. The van der Waals surface area contributed by atoms with Gasteiger partial charge in [-0.15, -0.1) is 0 Å². The molecule has 1 aromatic rings. The Kier molecular flexibility index (Phi) is 9.27. The largest absolute Gasteiger partial charge is 0.382 e. The average molecular weight is 390 g/mol. The van der Waals surface area contributed by atoms with Gasteiger partial charge in [0.1, 0.15) is 0 Å². The molecule has 2 amide bonds. The van der Waals surface area contributed by atoms with Crippen LogP contribution in [0.5, 0.6) is 0 Å². The number of nitrogens with one attached hydrogen (secondary N) is 3. The summed E-state index contributed by atoms with van der Waals surface area (Å²) >= 11 is 0. The molecule has 0 bridgehead atoms. The van der Waals surface area contributed by atoms with Gasteiger partial charge >= 0.3 is 0 Å². The SMILES string of the molecule is CCOCCCCNC(=NC)NCc1ccc(C(=O)N2CCNC(=O)C2)cc1. The Morgan fingerprint density at radius 2 is 2.04 bits per heavy atom. The number of nitrogens with zero attached hydrogens (tertiary/aromatic N) is 2. The minimum atomic E-state index is -0.114. The molecule has 154 valence electrons. The molecular weight excluding hydrogens is 358 g/mol. The lowest BCUT2D eigenvalue weighted by Crippen LogP contribution is -2.49. The molecule has 1 aliphatic rings. The molecular formula is C20H31N5O3. The Morgan fingerprint density at radius 1 is 1.25 bits per heavy atom. The van der Waals surface area contributed by atoms with Crippen LogP contribution in [0.2, 0.25) is 0 Å². The number of aliphatic imine (C=N–C) groups is 1. The topological polar surface area (TPSA) is 95.1 Å². The van der Waals surface area contributed by atoms with Gasteiger partial charge in [-0.25, -0.2) is 0 Å². The summed E-state index contributed by atoms with van der Waals surface area (Å²) in [5.74, 6) is 0.520. The standard InChI is InChI=1S/C20H31N5O3/c1-3-28-13-5-4-10-23-20(21-2)24-14-16-6-8-17(9-7-16)19(27)25-12-11-22-18(26)15-25/h6-9H,3-5,10-15H2,1-2H3,(H,22,26)(H2,21,23,24). The van der Waals surface area contributed by atoms with Crippen LogP contribution in [0, 0.1) is 0 Å². The molecule has 1 aromatic carbocycles. The number of carbonyl (C=O) groups excluding carboxylic acids is 2. The van der Waals surface area contributed by atoms with Crippen molar-refractivity contribution in [1.82, 2.24) is 20.9 Å². The van der Waals surface area contributed by atoms with E-state index < -0.39 is 0 Å². The maximum atomic E-state index is 12.5. The third-order valence-corrected chi connectivity index (χ3v) is 4.42. The quantitative estimate of drug-likeness (QED) is 0.329. The van der Waals surface area contributed by atoms with E-state index >= 15 is 0 Å². The van der Waals surface area contributed by atoms with Crippen molar-refractivity contribution in [2.75, 3.05) is 46.4 Å². The van der Waals surface area contributed by atoms with E-state index in [4.69, 9.17) is 4.74 Å². The number of piperazine rings is 1. The van der Waals surface area contributed by atoms with Crippen LogP contribution in [0.15, 0.2) is 29.3 Å². The molecule has 0 unspecified atom stereocenters. The lowest BCUT2D eigenvalue weighted by atomic mass is 10.1. The molecule has 0 atom stereocenters. The van der Waals surface area contributed by atoms with Gasteiger partial charge < -0.3 is 25.6 Å². The zero-order valence-electron chi connectivity index (χ0n) is 16.8. The Hall–Kier alpha value is -2.61. The minimum Gasteiger partial charge on any atom is -0.382 e. The third-order valence-electron chi connectivity index (χ3n) is 4.42. The van der Waals surface area contributed by atoms with Crippen LogP contribution in [0.1, 0.15) is 35.7 Å². The van der Waals surface area contributed by atoms with Crippen LogP contribution in [0.3, 0.4) is 0 Å². The molecule has 1 aliphatic heterocycles. The fourth-order valence-corrected chi connectivity index (χ4v) is 2.85. The van der Waals surface area contributed by atoms with Crippen molar-refractivity contribution >= 4 is 17.8 Å². The van der Waals surface area contributed by atoms with Gasteiger partial charge in [0.25, 0.3) is 5.91 Å². The Balaban J connectivity index is 1.75. The number of carbonyl (C=O) groups is 2. The van der Waals surface area contributed by atoms with E-state index in [2.05, 4.69) is 20.9 Å². The van der Waals surface area contributed by atoms with Crippen LogP contribution in [-0.4, -0.2) is 69.1 Å². The van der Waals surface area contributed by atoms with Crippen molar-refractivity contribution < 1.29 is 14.3 Å². The summed E-state index contributed by atoms with van der Waals surface area (Å²) < 4.78 is 5.32. The fourth-order valence-electron chi connectivity index (χ4n) is 2.85. The molecule has 0 saturated carbocycles. The predicted octanol–water partition coefficient (Wildman–Crippen LogP) is 0.740. The Morgan fingerprint density at radius 3 is 2.71 bits per heavy atom. The zero-order valence-corrected chi connectivity index (χ0v) is 16.8. The first-order valence-electron chi connectivity index (χ1n) is 9.81. The van der Waals surface area contributed by atoms with E-state index in [1.54, 1.807) is 24.1 Å². The van der Waals surface area contributed by atoms with Gasteiger partial charge in [-0.05, 0) is 37.5 Å². The van der Waals surface area contributed by atoms with Crippen LogP contribution in [0.4, 0.5) is 0 Å². The molecule has 8 heteroatoms. The lowest BCUT2D eigenvalue weighted by molar-refractivity contribution is -0.123. The fraction of sp³-hybridized carbons (Fsp3) is 0.550. The molecule has 28 heavy (non-hydrogen) atoms. The Bertz CT molecular complexity index is 660. The molecule has 1 fully saturated rings. The van der Waals surface area contributed by atoms with E-state index in [0.29, 0.717) is 25.2 Å². The van der Waals surface area contributed by atoms with Crippen molar-refractivity contribution in [3.8, 4) is 0 Å². The number of benzene rings is 1. The van der Waals surface area contributed by atoms with Crippen LogP contribution in [0.25, 0.3) is 0 Å². The number of unbranched alkanes of at least 4 members (excludes halogenated alkanes) is 1. The number of hydrogen-bond acceptors (Lipinski definition) is 4. The van der Waals surface area contributed by atoms with Crippen molar-refractivity contribution in [3.63, 3.8) is 0 Å². The van der Waals surface area contributed by atoms with Crippen LogP contribution in [-0.2, 0) is 16.1 Å². The van der Waals surface area contributed by atoms with Gasteiger partial charge in [0.2, 0.25) is 5.91 Å². The second kappa shape index (κ2) is 12.0. The first-order chi connectivity index (χ1) is 13.6. The van der Waals surface area contributed by atoms with E-state index in [1.165, 1.54) is 0 Å². The molecule has 1 saturated heterocycles. The molecule has 0 radical (unpaired) electrons. The van der Waals surface area contributed by atoms with Gasteiger partial charge in [-0.2, -0.15) is 0 Å². The second-order valence-electron chi connectivity index (χ2n) is 6.53. The molecule has 0 aromatic heterocycles. The molecule has 8 nitrogen and oxygen atoms in total. The highest BCUT2D eigenvalue weighted by Crippen LogP contribution is 2.09. The number of guanidine groups is 1. The number of amides is 2. The third kappa shape index (κ3) is 7.19. The molecule has 1 heterocycles. The van der Waals surface area contributed by atoms with Gasteiger partial charge in [0.15, 0.2) is 5.96 Å². The first kappa shape index (κ1) is 21.7. The minimum absolute atomic E-state index is 0.112. The van der Waals surface area contributed by atoms with Gasteiger partial charge in [0.05, 0.1) is 6.54 Å². The first-order valence-corrected chi connectivity index (χ1v) is 9.81. The number of rotatable bonds is 9. The summed E-state index contributed by atoms with van der Waals surface area (Å²) in [4.78, 5) is 29.7. The van der Waals surface area contributed by atoms with Crippen molar-refractivity contribution in [1.29, 1.82) is 0 Å². The number of ether oxygens (including phenoxy) is 1. The lowest BCUT2D eigenvalue weighted by Gasteiger charge is -2.26. The maximum Gasteiger partial charge on any atom is 0.254 e. The highest BCUT2D eigenvalue weighted by atomic mass is 16.5. The summed E-state index contributed by atoms with van der Waals surface area (Å²) in [5.41, 5.74) is 1.64. The summed E-state index contributed by atoms with van der Waals surface area (Å²) in [6.45, 7) is 6.16. The highest BCUT2D eigenvalue weighted by molar-refractivity contribution is 5.97. The van der Waals surface area contributed by atoms with Crippen molar-refractivity contribution in [3.05, 3.63) is 35.4 Å². The molecule has 0 spiro atoms. The molecule has 0 aliphatic carbocycles. The average Bonchev–Trinajstić information content (AvgIpc) is 2.72. The van der Waals surface area contributed by atoms with Gasteiger partial charge in [-0.3, -0.25) is 14.6 Å². The zero-order chi connectivity index (χ0) is 20.2. The van der Waals surface area contributed by atoms with Gasteiger partial charge in [-0.1, -0.05) is 12.1 Å². The maximum absolute atomic E-state index is 12.5. The highest BCUT2D eigenvalue weighted by Gasteiger charge is 2.22. The Labute approximate surface area is 166 Å². The van der Waals surface area contributed by atoms with E-state index in [0.717, 1.165) is 44.1 Å². The van der Waals surface area contributed by atoms with E-state index in [-0.39, 0.29) is 18.4 Å². The van der Waals surface area contributed by atoms with Crippen molar-refractivity contribution in [2.45, 2.75) is 26.3 Å². The summed E-state index contributed by atoms with van der Waals surface area (Å²) in [7, 11) is 1.74. The summed E-state index contributed by atoms with van der Waals surface area (Å²) in [6.07, 6.45) is 2.04. The summed E-state index contributed by atoms with van der Waals surface area (Å²) in [5, 5.41) is 9.27. The van der Waals surface area contributed by atoms with E-state index in [1.807, 2.05) is 19.1 Å². The normalized spacial score (nSPS) is 14.6. The van der Waals surface area contributed by atoms with Gasteiger partial charge in [0, 0.05) is 52.0 Å². The van der Waals surface area contributed by atoms with E-state index in [9.17, 15) is 9.59 Å². The van der Waals surface area contributed by atoms with Crippen LogP contribution >= 0.6 is 0 Å².